The molecule has 1 unspecified atom stereocenters. The van der Waals surface area contributed by atoms with Crippen molar-refractivity contribution < 1.29 is 56.2 Å². The highest BCUT2D eigenvalue weighted by Crippen LogP contribution is 2.30. The molecule has 0 heterocycles. The van der Waals surface area contributed by atoms with Gasteiger partial charge in [-0.2, -0.15) is 8.42 Å². The molecule has 0 fully saturated rings. The van der Waals surface area contributed by atoms with Crippen LogP contribution >= 0.6 is 0 Å². The number of amides is 1. The maximum atomic E-state index is 12.5. The summed E-state index contributed by atoms with van der Waals surface area (Å²) in [5, 5.41) is 21.7. The second kappa shape index (κ2) is 13.8. The van der Waals surface area contributed by atoms with Gasteiger partial charge in [-0.25, -0.2) is 14.4 Å². The third kappa shape index (κ3) is 9.79. The van der Waals surface area contributed by atoms with Gasteiger partial charge in [0.15, 0.2) is 6.10 Å². The van der Waals surface area contributed by atoms with Crippen LogP contribution in [-0.2, 0) is 33.4 Å². The molecule has 0 radical (unpaired) electrons. The van der Waals surface area contributed by atoms with Gasteiger partial charge in [0.25, 0.3) is 10.1 Å². The summed E-state index contributed by atoms with van der Waals surface area (Å²) in [6.45, 7) is 4.60. The summed E-state index contributed by atoms with van der Waals surface area (Å²) in [4.78, 5) is 46.6. The van der Waals surface area contributed by atoms with Gasteiger partial charge in [0.2, 0.25) is 5.91 Å². The summed E-state index contributed by atoms with van der Waals surface area (Å²) in [5.74, 6) is -3.48. The molecule has 202 valence electrons. The Kier molecular flexibility index (Phi) is 11.8. The van der Waals surface area contributed by atoms with Crippen LogP contribution in [-0.4, -0.2) is 80.4 Å². The number of carboxylic acid groups (broad SMARTS) is 1. The molecule has 0 spiro atoms. The van der Waals surface area contributed by atoms with Crippen LogP contribution in [0.4, 0.5) is 4.79 Å². The molecule has 0 aliphatic heterocycles. The Hall–Kier alpha value is -3.23. The molecule has 13 nitrogen and oxygen atoms in total. The van der Waals surface area contributed by atoms with E-state index in [4.69, 9.17) is 18.4 Å². The topological polar surface area (TPSA) is 192 Å². The van der Waals surface area contributed by atoms with Gasteiger partial charge in [-0.3, -0.25) is 8.98 Å². The summed E-state index contributed by atoms with van der Waals surface area (Å²) in [7, 11) is -4.30. The predicted molar refractivity (Wildman–Crippen MR) is 124 cm³/mol. The molecule has 14 heteroatoms. The largest absolute Gasteiger partial charge is 0.513 e. The summed E-state index contributed by atoms with van der Waals surface area (Å²) in [6.07, 6.45) is -5.07. The lowest BCUT2D eigenvalue weighted by Crippen LogP contribution is -2.49. The van der Waals surface area contributed by atoms with Crippen LogP contribution in [0.2, 0.25) is 0 Å². The fraction of sp³-hybridized carbons (Fsp3) is 0.545. The predicted octanol–water partition coefficient (Wildman–Crippen LogP) is 1.09. The maximum absolute atomic E-state index is 12.5. The van der Waals surface area contributed by atoms with Crippen LogP contribution in [0, 0.1) is 5.41 Å². The van der Waals surface area contributed by atoms with Crippen molar-refractivity contribution in [3.05, 3.63) is 29.8 Å². The number of hydrogen-bond donors (Lipinski definition) is 3. The van der Waals surface area contributed by atoms with Crippen LogP contribution in [0.5, 0.6) is 5.75 Å². The van der Waals surface area contributed by atoms with Crippen molar-refractivity contribution >= 4 is 34.1 Å². The van der Waals surface area contributed by atoms with E-state index in [9.17, 15) is 37.8 Å². The van der Waals surface area contributed by atoms with E-state index in [0.717, 1.165) is 0 Å². The number of aliphatic hydroxyl groups excluding tert-OH is 1. The number of carboxylic acids is 1. The second-order valence-electron chi connectivity index (χ2n) is 8.13. The van der Waals surface area contributed by atoms with E-state index in [0.29, 0.717) is 0 Å². The van der Waals surface area contributed by atoms with Gasteiger partial charge in [-0.1, -0.05) is 26.0 Å². The third-order valence-corrected chi connectivity index (χ3v) is 6.22. The molecule has 0 bridgehead atoms. The molecule has 36 heavy (non-hydrogen) atoms. The molecular weight excluding hydrogens is 502 g/mol. The molecule has 0 saturated heterocycles. The highest BCUT2D eigenvalue weighted by atomic mass is 32.2. The number of carbonyl (C=O) groups is 4. The van der Waals surface area contributed by atoms with Gasteiger partial charge in [0.1, 0.15) is 24.0 Å². The molecular formula is C22H31NO12S. The van der Waals surface area contributed by atoms with Gasteiger partial charge in [0, 0.05) is 18.9 Å². The van der Waals surface area contributed by atoms with E-state index in [1.54, 1.807) is 6.92 Å². The van der Waals surface area contributed by atoms with Crippen LogP contribution in [0.3, 0.4) is 0 Å². The Morgan fingerprint density at radius 3 is 2.33 bits per heavy atom. The number of para-hydroxylation sites is 1. The first-order chi connectivity index (χ1) is 16.7. The summed E-state index contributed by atoms with van der Waals surface area (Å²) in [6, 6.07) is 5.66. The second-order valence-corrected chi connectivity index (χ2v) is 9.84. The number of nitrogens with one attached hydrogen (secondary N) is 1. The molecule has 1 aromatic carbocycles. The van der Waals surface area contributed by atoms with Gasteiger partial charge in [0.05, 0.1) is 12.4 Å². The quantitative estimate of drug-likeness (QED) is 0.134. The minimum absolute atomic E-state index is 0.00983. The van der Waals surface area contributed by atoms with Crippen molar-refractivity contribution in [2.45, 2.75) is 46.3 Å². The first-order valence-corrected chi connectivity index (χ1v) is 12.5. The van der Waals surface area contributed by atoms with E-state index < -0.39 is 58.2 Å². The monoisotopic (exact) mass is 533 g/mol. The van der Waals surface area contributed by atoms with Gasteiger partial charge in [-0.05, 0) is 25.5 Å². The zero-order valence-electron chi connectivity index (χ0n) is 20.4. The zero-order chi connectivity index (χ0) is 27.5. The molecule has 1 aromatic rings. The molecule has 0 aliphatic carbocycles. The normalized spacial score (nSPS) is 13.2. The van der Waals surface area contributed by atoms with Crippen molar-refractivity contribution in [2.24, 2.45) is 5.41 Å². The lowest BCUT2D eigenvalue weighted by molar-refractivity contribution is -0.159. The number of carbonyl (C=O) groups excluding carboxylic acids is 3. The van der Waals surface area contributed by atoms with Crippen LogP contribution in [0.15, 0.2) is 24.3 Å². The minimum atomic E-state index is -4.30. The molecule has 3 N–H and O–H groups in total. The van der Waals surface area contributed by atoms with E-state index >= 15 is 0 Å². The third-order valence-electron chi connectivity index (χ3n) is 4.90. The summed E-state index contributed by atoms with van der Waals surface area (Å²) < 4.78 is 44.9. The molecule has 0 aliphatic rings. The number of rotatable bonds is 14. The molecule has 0 aromatic heterocycles. The standard InChI is InChI=1S/C22H31NO12S/c1-5-32-20(28)15-9-6-7-10-16(15)34-21(29)33-13-17(22(3,4)18(25)19(26)27)35-36(30,31)12-8-11-23-14(2)24/h6-7,9-10,17-18,25H,5,8,11-13H2,1-4H3,(H,23,24)(H,26,27)/t17?,18-/m0/s1. The van der Waals surface area contributed by atoms with Gasteiger partial charge in [-0.15, -0.1) is 0 Å². The number of aliphatic carboxylic acids is 1. The first-order valence-electron chi connectivity index (χ1n) is 10.9. The van der Waals surface area contributed by atoms with E-state index in [1.165, 1.54) is 45.0 Å². The van der Waals surface area contributed by atoms with Crippen molar-refractivity contribution in [3.63, 3.8) is 0 Å². The van der Waals surface area contributed by atoms with Crippen molar-refractivity contribution in [2.75, 3.05) is 25.5 Å². The van der Waals surface area contributed by atoms with Crippen molar-refractivity contribution in [3.8, 4) is 5.75 Å². The SMILES string of the molecule is CCOC(=O)c1ccccc1OC(=O)OCC(OS(=O)(=O)CCCNC(C)=O)C(C)(C)[C@@H](O)C(=O)O. The Morgan fingerprint density at radius 2 is 1.75 bits per heavy atom. The number of aliphatic hydroxyl groups is 1. The average Bonchev–Trinajstić information content (AvgIpc) is 2.79. The summed E-state index contributed by atoms with van der Waals surface area (Å²) >= 11 is 0. The van der Waals surface area contributed by atoms with Gasteiger partial charge >= 0.3 is 18.1 Å². The Balaban J connectivity index is 2.99. The molecule has 1 rings (SSSR count). The highest BCUT2D eigenvalue weighted by molar-refractivity contribution is 7.86. The number of benzene rings is 1. The minimum Gasteiger partial charge on any atom is -0.479 e. The van der Waals surface area contributed by atoms with Crippen molar-refractivity contribution in [1.82, 2.24) is 5.32 Å². The fourth-order valence-corrected chi connectivity index (χ4v) is 4.05. The Bertz CT molecular complexity index is 1040. The van der Waals surface area contributed by atoms with Crippen LogP contribution in [0.1, 0.15) is 44.5 Å². The van der Waals surface area contributed by atoms with E-state index in [2.05, 4.69) is 5.32 Å². The maximum Gasteiger partial charge on any atom is 0.513 e. The number of hydrogen-bond acceptors (Lipinski definition) is 11. The molecule has 1 amide bonds. The average molecular weight is 534 g/mol. The number of ether oxygens (including phenoxy) is 3. The Morgan fingerprint density at radius 1 is 1.11 bits per heavy atom. The van der Waals surface area contributed by atoms with E-state index in [-0.39, 0.29) is 36.8 Å². The van der Waals surface area contributed by atoms with Crippen molar-refractivity contribution in [1.29, 1.82) is 0 Å². The van der Waals surface area contributed by atoms with Crippen LogP contribution < -0.4 is 10.1 Å². The summed E-state index contributed by atoms with van der Waals surface area (Å²) in [5.41, 5.74) is -1.81. The molecule has 0 saturated carbocycles. The Labute approximate surface area is 208 Å². The highest BCUT2D eigenvalue weighted by Gasteiger charge is 2.44. The zero-order valence-corrected chi connectivity index (χ0v) is 21.2. The smallest absolute Gasteiger partial charge is 0.479 e. The van der Waals surface area contributed by atoms with E-state index in [1.807, 2.05) is 0 Å². The number of esters is 1. The van der Waals surface area contributed by atoms with Crippen LogP contribution in [0.25, 0.3) is 0 Å². The fourth-order valence-electron chi connectivity index (χ4n) is 2.80. The van der Waals surface area contributed by atoms with Gasteiger partial charge < -0.3 is 29.7 Å². The first kappa shape index (κ1) is 30.8. The lowest BCUT2D eigenvalue weighted by atomic mass is 9.81. The lowest BCUT2D eigenvalue weighted by Gasteiger charge is -2.34. The molecule has 2 atom stereocenters.